The van der Waals surface area contributed by atoms with E-state index in [1.165, 1.54) is 0 Å². The topological polar surface area (TPSA) is 66.8 Å². The fraction of sp³-hybridized carbons (Fsp3) is 0.500. The first-order valence-electron chi connectivity index (χ1n) is 7.40. The maximum absolute atomic E-state index is 12.8. The van der Waals surface area contributed by atoms with Gasteiger partial charge in [-0.25, -0.2) is 0 Å². The van der Waals surface area contributed by atoms with Crippen LogP contribution in [-0.4, -0.2) is 41.6 Å². The van der Waals surface area contributed by atoms with E-state index in [1.54, 1.807) is 4.90 Å². The number of para-hydroxylation sites is 1. The number of ether oxygens (including phenoxy) is 1. The number of nitrogens with zero attached hydrogens (tertiary/aromatic N) is 1. The molecule has 3 rings (SSSR count). The lowest BCUT2D eigenvalue weighted by atomic mass is 9.90. The maximum atomic E-state index is 12.8. The lowest BCUT2D eigenvalue weighted by molar-refractivity contribution is -0.146. The molecule has 2 aliphatic rings. The number of carbonyl (C=O) groups is 2. The second kappa shape index (κ2) is 5.76. The minimum absolute atomic E-state index is 0.0386. The molecule has 5 heteroatoms. The number of aliphatic carboxylic acids is 1. The first-order valence-corrected chi connectivity index (χ1v) is 7.40. The molecular formula is C16H19NO4. The molecule has 1 saturated heterocycles. The first-order chi connectivity index (χ1) is 10.2. The molecule has 21 heavy (non-hydrogen) atoms. The highest BCUT2D eigenvalue weighted by Gasteiger charge is 2.34. The van der Waals surface area contributed by atoms with Gasteiger partial charge in [-0.15, -0.1) is 0 Å². The lowest BCUT2D eigenvalue weighted by Gasteiger charge is -2.35. The SMILES string of the molecule is O=C(O)[C@H]1CCCN(C(=O)C2CCOc3ccccc32)C1. The number of carboxylic acids is 1. The van der Waals surface area contributed by atoms with Gasteiger partial charge < -0.3 is 14.7 Å². The zero-order valence-corrected chi connectivity index (χ0v) is 11.8. The number of fused-ring (bicyclic) bond motifs is 1. The number of hydrogen-bond acceptors (Lipinski definition) is 3. The average Bonchev–Trinajstić information content (AvgIpc) is 2.53. The van der Waals surface area contributed by atoms with E-state index in [-0.39, 0.29) is 11.8 Å². The van der Waals surface area contributed by atoms with E-state index in [2.05, 4.69) is 0 Å². The molecule has 5 nitrogen and oxygen atoms in total. The number of benzene rings is 1. The van der Waals surface area contributed by atoms with Crippen LogP contribution in [0.3, 0.4) is 0 Å². The van der Waals surface area contributed by atoms with E-state index in [0.717, 1.165) is 17.7 Å². The lowest BCUT2D eigenvalue weighted by Crippen LogP contribution is -2.45. The Hall–Kier alpha value is -2.04. The zero-order chi connectivity index (χ0) is 14.8. The van der Waals surface area contributed by atoms with E-state index >= 15 is 0 Å². The fourth-order valence-electron chi connectivity index (χ4n) is 3.20. The van der Waals surface area contributed by atoms with Crippen LogP contribution in [0.15, 0.2) is 24.3 Å². The number of carboxylic acid groups (broad SMARTS) is 1. The normalized spacial score (nSPS) is 24.9. The number of likely N-dealkylation sites (tertiary alicyclic amines) is 1. The van der Waals surface area contributed by atoms with Crippen LogP contribution in [-0.2, 0) is 9.59 Å². The maximum Gasteiger partial charge on any atom is 0.308 e. The number of piperidine rings is 1. The Labute approximate surface area is 123 Å². The standard InChI is InChI=1S/C16H19NO4/c18-15(17-8-3-4-11(10-17)16(19)20)13-7-9-21-14-6-2-1-5-12(13)14/h1-2,5-6,11,13H,3-4,7-10H2,(H,19,20)/t11-,13?/m0/s1. The molecule has 0 aliphatic carbocycles. The Morgan fingerprint density at radius 1 is 1.24 bits per heavy atom. The van der Waals surface area contributed by atoms with E-state index < -0.39 is 11.9 Å². The van der Waals surface area contributed by atoms with Crippen molar-refractivity contribution in [2.45, 2.75) is 25.2 Å². The van der Waals surface area contributed by atoms with Crippen LogP contribution in [0.4, 0.5) is 0 Å². The van der Waals surface area contributed by atoms with Crippen molar-refractivity contribution in [2.75, 3.05) is 19.7 Å². The predicted octanol–water partition coefficient (Wildman–Crippen LogP) is 1.88. The van der Waals surface area contributed by atoms with E-state index in [4.69, 9.17) is 9.84 Å². The van der Waals surface area contributed by atoms with Crippen molar-refractivity contribution in [3.63, 3.8) is 0 Å². The van der Waals surface area contributed by atoms with Gasteiger partial charge in [-0.3, -0.25) is 9.59 Å². The molecule has 112 valence electrons. The molecule has 1 unspecified atom stereocenters. The quantitative estimate of drug-likeness (QED) is 0.902. The molecule has 1 amide bonds. The first kappa shape index (κ1) is 13.9. The predicted molar refractivity (Wildman–Crippen MR) is 76.2 cm³/mol. The highest BCUT2D eigenvalue weighted by atomic mass is 16.5. The highest BCUT2D eigenvalue weighted by Crippen LogP contribution is 2.35. The average molecular weight is 289 g/mol. The molecule has 1 fully saturated rings. The fourth-order valence-corrected chi connectivity index (χ4v) is 3.20. The van der Waals surface area contributed by atoms with Crippen molar-refractivity contribution in [3.8, 4) is 5.75 Å². The second-order valence-corrected chi connectivity index (χ2v) is 5.69. The summed E-state index contributed by atoms with van der Waals surface area (Å²) in [7, 11) is 0. The summed E-state index contributed by atoms with van der Waals surface area (Å²) in [5.41, 5.74) is 0.922. The summed E-state index contributed by atoms with van der Waals surface area (Å²) in [5.74, 6) is -0.634. The minimum Gasteiger partial charge on any atom is -0.493 e. The van der Waals surface area contributed by atoms with Crippen LogP contribution < -0.4 is 4.74 Å². The molecule has 2 atom stereocenters. The van der Waals surface area contributed by atoms with Crippen molar-refractivity contribution < 1.29 is 19.4 Å². The Kier molecular flexibility index (Phi) is 3.82. The van der Waals surface area contributed by atoms with Gasteiger partial charge in [0, 0.05) is 18.7 Å². The molecule has 0 saturated carbocycles. The Bertz CT molecular complexity index is 557. The summed E-state index contributed by atoms with van der Waals surface area (Å²) in [4.78, 5) is 25.6. The monoisotopic (exact) mass is 289 g/mol. The van der Waals surface area contributed by atoms with Crippen molar-refractivity contribution >= 4 is 11.9 Å². The number of amides is 1. The Morgan fingerprint density at radius 2 is 2.05 bits per heavy atom. The minimum atomic E-state index is -0.806. The van der Waals surface area contributed by atoms with Crippen LogP contribution in [0.2, 0.25) is 0 Å². The molecule has 0 bridgehead atoms. The van der Waals surface area contributed by atoms with E-state index in [1.807, 2.05) is 24.3 Å². The third-order valence-corrected chi connectivity index (χ3v) is 4.34. The summed E-state index contributed by atoms with van der Waals surface area (Å²) >= 11 is 0. The summed E-state index contributed by atoms with van der Waals surface area (Å²) in [6.45, 7) is 1.51. The van der Waals surface area contributed by atoms with Gasteiger partial charge in [0.15, 0.2) is 0 Å². The van der Waals surface area contributed by atoms with E-state index in [0.29, 0.717) is 32.5 Å². The van der Waals surface area contributed by atoms with Crippen molar-refractivity contribution in [1.82, 2.24) is 4.90 Å². The van der Waals surface area contributed by atoms with Crippen molar-refractivity contribution in [1.29, 1.82) is 0 Å². The highest BCUT2D eigenvalue weighted by molar-refractivity contribution is 5.85. The van der Waals surface area contributed by atoms with Crippen LogP contribution in [0, 0.1) is 5.92 Å². The molecule has 1 aromatic rings. The number of hydrogen-bond donors (Lipinski definition) is 1. The Morgan fingerprint density at radius 3 is 2.86 bits per heavy atom. The van der Waals surface area contributed by atoms with Gasteiger partial charge >= 0.3 is 5.97 Å². The van der Waals surface area contributed by atoms with Gasteiger partial charge in [0.2, 0.25) is 5.91 Å². The van der Waals surface area contributed by atoms with Gasteiger partial charge in [-0.05, 0) is 25.3 Å². The largest absolute Gasteiger partial charge is 0.493 e. The van der Waals surface area contributed by atoms with E-state index in [9.17, 15) is 9.59 Å². The molecular weight excluding hydrogens is 270 g/mol. The summed E-state index contributed by atoms with van der Waals surface area (Å²) in [5, 5.41) is 9.15. The number of rotatable bonds is 2. The molecule has 1 aromatic carbocycles. The van der Waals surface area contributed by atoms with Gasteiger partial charge in [0.1, 0.15) is 5.75 Å². The number of carbonyl (C=O) groups excluding carboxylic acids is 1. The summed E-state index contributed by atoms with van der Waals surface area (Å²) < 4.78 is 5.59. The summed E-state index contributed by atoms with van der Waals surface area (Å²) in [6.07, 6.45) is 2.07. The van der Waals surface area contributed by atoms with Crippen molar-refractivity contribution in [3.05, 3.63) is 29.8 Å². The van der Waals surface area contributed by atoms with Crippen LogP contribution in [0.1, 0.15) is 30.7 Å². The molecule has 2 heterocycles. The van der Waals surface area contributed by atoms with Crippen LogP contribution in [0.25, 0.3) is 0 Å². The third-order valence-electron chi connectivity index (χ3n) is 4.34. The zero-order valence-electron chi connectivity index (χ0n) is 11.8. The molecule has 0 radical (unpaired) electrons. The van der Waals surface area contributed by atoms with Gasteiger partial charge in [-0.1, -0.05) is 18.2 Å². The summed E-state index contributed by atoms with van der Waals surface area (Å²) in [6, 6.07) is 7.61. The van der Waals surface area contributed by atoms with Gasteiger partial charge in [0.25, 0.3) is 0 Å². The molecule has 0 aromatic heterocycles. The van der Waals surface area contributed by atoms with Crippen molar-refractivity contribution in [2.24, 2.45) is 5.92 Å². The third kappa shape index (κ3) is 2.73. The van der Waals surface area contributed by atoms with Crippen LogP contribution >= 0.6 is 0 Å². The smallest absolute Gasteiger partial charge is 0.308 e. The molecule has 2 aliphatic heterocycles. The van der Waals surface area contributed by atoms with Crippen LogP contribution in [0.5, 0.6) is 5.75 Å². The molecule has 0 spiro atoms. The second-order valence-electron chi connectivity index (χ2n) is 5.69. The van der Waals surface area contributed by atoms with Gasteiger partial charge in [-0.2, -0.15) is 0 Å². The molecule has 1 N–H and O–H groups in total. The van der Waals surface area contributed by atoms with Gasteiger partial charge in [0.05, 0.1) is 18.4 Å². The Balaban J connectivity index is 1.78.